The Hall–Kier alpha value is -0.540. The van der Waals surface area contributed by atoms with Gasteiger partial charge in [-0.3, -0.25) is 9.69 Å². The molecule has 0 heterocycles. The van der Waals surface area contributed by atoms with Crippen molar-refractivity contribution in [2.24, 2.45) is 0 Å². The van der Waals surface area contributed by atoms with Crippen LogP contribution in [0.1, 0.15) is 6.92 Å². The van der Waals surface area contributed by atoms with E-state index in [1.54, 1.807) is 6.08 Å². The van der Waals surface area contributed by atoms with E-state index in [4.69, 9.17) is 11.6 Å². The van der Waals surface area contributed by atoms with Gasteiger partial charge in [0.15, 0.2) is 0 Å². The lowest BCUT2D eigenvalue weighted by Gasteiger charge is -2.15. The minimum atomic E-state index is -0.222. The van der Waals surface area contributed by atoms with Gasteiger partial charge in [0, 0.05) is 12.1 Å². The van der Waals surface area contributed by atoms with Crippen molar-refractivity contribution in [3.63, 3.8) is 0 Å². The van der Waals surface area contributed by atoms with Crippen LogP contribution in [0.5, 0.6) is 0 Å². The fourth-order valence-corrected chi connectivity index (χ4v) is 0.821. The number of ether oxygens (including phenoxy) is 1. The van der Waals surface area contributed by atoms with Gasteiger partial charge < -0.3 is 4.74 Å². The first kappa shape index (κ1) is 11.5. The highest BCUT2D eigenvalue weighted by atomic mass is 35.5. The summed E-state index contributed by atoms with van der Waals surface area (Å²) in [5, 5.41) is 0. The number of nitrogens with zero attached hydrogens (tertiary/aromatic N) is 1. The van der Waals surface area contributed by atoms with E-state index in [2.05, 4.69) is 4.74 Å². The zero-order chi connectivity index (χ0) is 9.40. The standard InChI is InChI=1S/C8H14ClNO2/c1-3-10(6-4-5-9)7-8(11)12-2/h4-5H,3,6-7H2,1-2H3. The average molecular weight is 192 g/mol. The third-order valence-corrected chi connectivity index (χ3v) is 1.66. The highest BCUT2D eigenvalue weighted by Gasteiger charge is 2.06. The molecule has 0 aliphatic rings. The second kappa shape index (κ2) is 7.13. The summed E-state index contributed by atoms with van der Waals surface area (Å²) < 4.78 is 4.52. The summed E-state index contributed by atoms with van der Waals surface area (Å²) in [6, 6.07) is 0. The van der Waals surface area contributed by atoms with Crippen LogP contribution in [-0.2, 0) is 9.53 Å². The van der Waals surface area contributed by atoms with Gasteiger partial charge in [-0.25, -0.2) is 0 Å². The van der Waals surface area contributed by atoms with Crippen LogP contribution < -0.4 is 0 Å². The van der Waals surface area contributed by atoms with Crippen molar-refractivity contribution in [2.45, 2.75) is 6.92 Å². The fraction of sp³-hybridized carbons (Fsp3) is 0.625. The van der Waals surface area contributed by atoms with Crippen LogP contribution in [0, 0.1) is 0 Å². The molecule has 0 N–H and O–H groups in total. The molecular formula is C8H14ClNO2. The minimum Gasteiger partial charge on any atom is -0.468 e. The number of hydrogen-bond donors (Lipinski definition) is 0. The Bertz CT molecular complexity index is 159. The molecule has 0 unspecified atom stereocenters. The molecule has 0 spiro atoms. The molecule has 0 aliphatic carbocycles. The zero-order valence-corrected chi connectivity index (χ0v) is 8.17. The van der Waals surface area contributed by atoms with Gasteiger partial charge in [-0.1, -0.05) is 24.6 Å². The van der Waals surface area contributed by atoms with Crippen molar-refractivity contribution in [3.05, 3.63) is 11.6 Å². The van der Waals surface area contributed by atoms with Crippen LogP contribution >= 0.6 is 11.6 Å². The maximum Gasteiger partial charge on any atom is 0.319 e. The van der Waals surface area contributed by atoms with Crippen molar-refractivity contribution in [1.82, 2.24) is 4.90 Å². The van der Waals surface area contributed by atoms with Gasteiger partial charge in [-0.15, -0.1) is 0 Å². The lowest BCUT2D eigenvalue weighted by molar-refractivity contribution is -0.141. The summed E-state index contributed by atoms with van der Waals surface area (Å²) >= 11 is 5.35. The number of carbonyl (C=O) groups is 1. The molecule has 12 heavy (non-hydrogen) atoms. The van der Waals surface area contributed by atoms with E-state index >= 15 is 0 Å². The van der Waals surface area contributed by atoms with Gasteiger partial charge in [0.05, 0.1) is 13.7 Å². The Morgan fingerprint density at radius 1 is 1.67 bits per heavy atom. The van der Waals surface area contributed by atoms with Gasteiger partial charge in [-0.2, -0.15) is 0 Å². The maximum atomic E-state index is 10.8. The number of hydrogen-bond acceptors (Lipinski definition) is 3. The van der Waals surface area contributed by atoms with E-state index in [9.17, 15) is 4.79 Å². The Morgan fingerprint density at radius 2 is 2.33 bits per heavy atom. The summed E-state index contributed by atoms with van der Waals surface area (Å²) in [6.07, 6.45) is 1.79. The van der Waals surface area contributed by atoms with Gasteiger partial charge in [0.1, 0.15) is 0 Å². The Kier molecular flexibility index (Phi) is 6.81. The molecule has 0 rings (SSSR count). The normalized spacial score (nSPS) is 11.0. The second-order valence-electron chi connectivity index (χ2n) is 2.27. The van der Waals surface area contributed by atoms with Crippen LogP contribution in [0.4, 0.5) is 0 Å². The topological polar surface area (TPSA) is 29.5 Å². The predicted octanol–water partition coefficient (Wildman–Crippen LogP) is 1.23. The fourth-order valence-electron chi connectivity index (χ4n) is 0.741. The summed E-state index contributed by atoms with van der Waals surface area (Å²) in [7, 11) is 1.38. The molecule has 0 radical (unpaired) electrons. The summed E-state index contributed by atoms with van der Waals surface area (Å²) in [5.74, 6) is -0.222. The molecule has 0 saturated carbocycles. The largest absolute Gasteiger partial charge is 0.468 e. The van der Waals surface area contributed by atoms with E-state index in [1.165, 1.54) is 12.6 Å². The molecule has 0 amide bonds. The molecule has 0 fully saturated rings. The molecule has 0 aromatic carbocycles. The molecule has 0 saturated heterocycles. The predicted molar refractivity (Wildman–Crippen MR) is 49.1 cm³/mol. The molecular weight excluding hydrogens is 178 g/mol. The van der Waals surface area contributed by atoms with Crippen molar-refractivity contribution >= 4 is 17.6 Å². The van der Waals surface area contributed by atoms with E-state index < -0.39 is 0 Å². The van der Waals surface area contributed by atoms with E-state index in [-0.39, 0.29) is 5.97 Å². The van der Waals surface area contributed by atoms with E-state index in [1.807, 2.05) is 11.8 Å². The van der Waals surface area contributed by atoms with Crippen molar-refractivity contribution in [1.29, 1.82) is 0 Å². The average Bonchev–Trinajstić information content (AvgIpc) is 2.11. The first-order valence-electron chi connectivity index (χ1n) is 3.79. The van der Waals surface area contributed by atoms with Gasteiger partial charge in [0.2, 0.25) is 0 Å². The smallest absolute Gasteiger partial charge is 0.319 e. The lowest BCUT2D eigenvalue weighted by Crippen LogP contribution is -2.30. The number of halogens is 1. The maximum absolute atomic E-state index is 10.8. The van der Waals surface area contributed by atoms with Gasteiger partial charge >= 0.3 is 5.97 Å². The summed E-state index contributed by atoms with van der Waals surface area (Å²) in [4.78, 5) is 12.7. The van der Waals surface area contributed by atoms with E-state index in [0.717, 1.165) is 6.54 Å². The first-order chi connectivity index (χ1) is 5.74. The highest BCUT2D eigenvalue weighted by molar-refractivity contribution is 6.25. The van der Waals surface area contributed by atoms with E-state index in [0.29, 0.717) is 13.1 Å². The van der Waals surface area contributed by atoms with Crippen molar-refractivity contribution in [2.75, 3.05) is 26.7 Å². The number of carbonyl (C=O) groups excluding carboxylic acids is 1. The van der Waals surface area contributed by atoms with Crippen LogP contribution in [0.15, 0.2) is 11.6 Å². The Balaban J connectivity index is 3.74. The second-order valence-corrected chi connectivity index (χ2v) is 2.52. The van der Waals surface area contributed by atoms with Crippen LogP contribution in [0.25, 0.3) is 0 Å². The Morgan fingerprint density at radius 3 is 2.75 bits per heavy atom. The molecule has 0 bridgehead atoms. The minimum absolute atomic E-state index is 0.222. The molecule has 0 aromatic heterocycles. The van der Waals surface area contributed by atoms with Gasteiger partial charge in [-0.05, 0) is 6.54 Å². The molecule has 70 valence electrons. The zero-order valence-electron chi connectivity index (χ0n) is 7.42. The summed E-state index contributed by atoms with van der Waals surface area (Å²) in [6.45, 7) is 3.77. The van der Waals surface area contributed by atoms with Gasteiger partial charge in [0.25, 0.3) is 0 Å². The van der Waals surface area contributed by atoms with Crippen LogP contribution in [0.3, 0.4) is 0 Å². The number of rotatable bonds is 5. The molecule has 0 aromatic rings. The van der Waals surface area contributed by atoms with Crippen molar-refractivity contribution < 1.29 is 9.53 Å². The Labute approximate surface area is 77.9 Å². The number of likely N-dealkylation sites (N-methyl/N-ethyl adjacent to an activating group) is 1. The van der Waals surface area contributed by atoms with Crippen LogP contribution in [0.2, 0.25) is 0 Å². The summed E-state index contributed by atoms with van der Waals surface area (Å²) in [5.41, 5.74) is 1.44. The number of methoxy groups -OCH3 is 1. The highest BCUT2D eigenvalue weighted by Crippen LogP contribution is 1.90. The molecule has 3 nitrogen and oxygen atoms in total. The number of esters is 1. The third-order valence-electron chi connectivity index (χ3n) is 1.48. The SMILES string of the molecule is CCN(CC=CCl)CC(=O)OC. The first-order valence-corrected chi connectivity index (χ1v) is 4.22. The van der Waals surface area contributed by atoms with Crippen molar-refractivity contribution in [3.8, 4) is 0 Å². The molecule has 4 heteroatoms. The molecule has 0 aliphatic heterocycles. The van der Waals surface area contributed by atoms with Crippen LogP contribution in [-0.4, -0.2) is 37.6 Å². The monoisotopic (exact) mass is 191 g/mol. The third kappa shape index (κ3) is 5.16. The quantitative estimate of drug-likeness (QED) is 0.613. The molecule has 0 atom stereocenters. The lowest BCUT2D eigenvalue weighted by atomic mass is 10.4.